The van der Waals surface area contributed by atoms with E-state index in [2.05, 4.69) is 39.1 Å². The Morgan fingerprint density at radius 3 is 2.81 bits per heavy atom. The predicted molar refractivity (Wildman–Crippen MR) is 101 cm³/mol. The average molecular weight is 373 g/mol. The summed E-state index contributed by atoms with van der Waals surface area (Å²) in [5.74, 6) is 1.02. The summed E-state index contributed by atoms with van der Waals surface area (Å²) in [6, 6.07) is 8.11. The van der Waals surface area contributed by atoms with E-state index in [4.69, 9.17) is 4.74 Å². The number of rotatable bonds is 5. The molecule has 4 rings (SSSR count). The van der Waals surface area contributed by atoms with Gasteiger partial charge in [-0.2, -0.15) is 9.61 Å². The van der Waals surface area contributed by atoms with Crippen LogP contribution in [0.3, 0.4) is 0 Å². The van der Waals surface area contributed by atoms with Crippen LogP contribution >= 0.6 is 11.3 Å². The second kappa shape index (κ2) is 7.22. The van der Waals surface area contributed by atoms with Crippen LogP contribution in [0, 0.1) is 0 Å². The average Bonchev–Trinajstić information content (AvgIpc) is 3.22. The van der Waals surface area contributed by atoms with Gasteiger partial charge in [0.15, 0.2) is 0 Å². The summed E-state index contributed by atoms with van der Waals surface area (Å²) in [7, 11) is 2.14. The lowest BCUT2D eigenvalue weighted by Crippen LogP contribution is -2.46. The molecule has 0 saturated carbocycles. The number of aromatic hydroxyl groups is 1. The first-order chi connectivity index (χ1) is 12.7. The molecule has 0 spiro atoms. The molecule has 0 amide bonds. The second-order valence-electron chi connectivity index (χ2n) is 6.49. The largest absolute Gasteiger partial charge is 0.494 e. The van der Waals surface area contributed by atoms with Crippen molar-refractivity contribution in [3.8, 4) is 11.6 Å². The molecule has 0 bridgehead atoms. The Morgan fingerprint density at radius 1 is 1.27 bits per heavy atom. The van der Waals surface area contributed by atoms with Gasteiger partial charge in [0.05, 0.1) is 17.5 Å². The highest BCUT2D eigenvalue weighted by Crippen LogP contribution is 2.40. The standard InChI is InChI=1S/C18H23N5O2S/c1-3-25-14-6-4-5-13(11-14)15(22-9-7-21(2)8-10-22)16-17(24)23-18(26-16)19-12-20-23/h4-6,11-12,15,24H,3,7-10H2,1-2H3. The Balaban J connectivity index is 1.77. The third-order valence-corrected chi connectivity index (χ3v) is 5.86. The van der Waals surface area contributed by atoms with Gasteiger partial charge < -0.3 is 14.7 Å². The third kappa shape index (κ3) is 3.15. The zero-order valence-electron chi connectivity index (χ0n) is 15.0. The first-order valence-corrected chi connectivity index (χ1v) is 9.65. The van der Waals surface area contributed by atoms with Gasteiger partial charge in [0.25, 0.3) is 0 Å². The molecule has 0 radical (unpaired) electrons. The summed E-state index contributed by atoms with van der Waals surface area (Å²) in [5.41, 5.74) is 1.11. The van der Waals surface area contributed by atoms with E-state index >= 15 is 0 Å². The number of nitrogens with zero attached hydrogens (tertiary/aromatic N) is 5. The number of ether oxygens (including phenoxy) is 1. The summed E-state index contributed by atoms with van der Waals surface area (Å²) in [4.78, 5) is 10.6. The number of thiazole rings is 1. The highest BCUT2D eigenvalue weighted by atomic mass is 32.1. The summed E-state index contributed by atoms with van der Waals surface area (Å²) >= 11 is 1.49. The summed E-state index contributed by atoms with van der Waals surface area (Å²) in [6.45, 7) is 6.49. The van der Waals surface area contributed by atoms with Crippen molar-refractivity contribution in [2.24, 2.45) is 0 Å². The zero-order chi connectivity index (χ0) is 18.1. The van der Waals surface area contributed by atoms with Crippen molar-refractivity contribution in [2.75, 3.05) is 39.8 Å². The maximum atomic E-state index is 10.8. The van der Waals surface area contributed by atoms with Crippen LogP contribution in [0.1, 0.15) is 23.4 Å². The molecule has 2 aromatic heterocycles. The van der Waals surface area contributed by atoms with Crippen LogP contribution < -0.4 is 4.74 Å². The lowest BCUT2D eigenvalue weighted by atomic mass is 10.0. The van der Waals surface area contributed by atoms with Crippen LogP contribution in [0.15, 0.2) is 30.6 Å². The normalized spacial score (nSPS) is 17.6. The molecule has 3 heterocycles. The van der Waals surface area contributed by atoms with Gasteiger partial charge in [0.1, 0.15) is 12.1 Å². The van der Waals surface area contributed by atoms with Crippen molar-refractivity contribution in [1.82, 2.24) is 24.4 Å². The molecule has 0 aliphatic carbocycles. The van der Waals surface area contributed by atoms with Crippen molar-refractivity contribution >= 4 is 16.3 Å². The third-order valence-electron chi connectivity index (χ3n) is 4.77. The molecular weight excluding hydrogens is 350 g/mol. The lowest BCUT2D eigenvalue weighted by Gasteiger charge is -2.37. The highest BCUT2D eigenvalue weighted by molar-refractivity contribution is 7.17. The van der Waals surface area contributed by atoms with Gasteiger partial charge in [-0.05, 0) is 31.7 Å². The lowest BCUT2D eigenvalue weighted by molar-refractivity contribution is 0.127. The Labute approximate surface area is 156 Å². The van der Waals surface area contributed by atoms with E-state index < -0.39 is 0 Å². The first kappa shape index (κ1) is 17.3. The summed E-state index contributed by atoms with van der Waals surface area (Å²) in [6.07, 6.45) is 1.47. The number of fused-ring (bicyclic) bond motifs is 1. The van der Waals surface area contributed by atoms with Crippen molar-refractivity contribution < 1.29 is 9.84 Å². The van der Waals surface area contributed by atoms with E-state index in [0.717, 1.165) is 42.4 Å². The molecule has 1 aliphatic heterocycles. The van der Waals surface area contributed by atoms with Crippen molar-refractivity contribution in [3.63, 3.8) is 0 Å². The van der Waals surface area contributed by atoms with Crippen LogP contribution in [-0.4, -0.2) is 69.3 Å². The van der Waals surface area contributed by atoms with E-state index in [1.165, 1.54) is 22.2 Å². The van der Waals surface area contributed by atoms with Crippen LogP contribution in [0.5, 0.6) is 11.6 Å². The van der Waals surface area contributed by atoms with Crippen molar-refractivity contribution in [1.29, 1.82) is 0 Å². The topological polar surface area (TPSA) is 66.1 Å². The van der Waals surface area contributed by atoms with Crippen LogP contribution in [0.4, 0.5) is 0 Å². The molecule has 8 heteroatoms. The SMILES string of the molecule is CCOc1cccc(C(c2sc3ncnn3c2O)N2CCN(C)CC2)c1. The van der Waals surface area contributed by atoms with E-state index in [1.54, 1.807) is 0 Å². The van der Waals surface area contributed by atoms with Gasteiger partial charge >= 0.3 is 0 Å². The molecule has 1 unspecified atom stereocenters. The maximum absolute atomic E-state index is 10.8. The van der Waals surface area contributed by atoms with E-state index in [-0.39, 0.29) is 11.9 Å². The van der Waals surface area contributed by atoms with Gasteiger partial charge in [-0.1, -0.05) is 23.5 Å². The van der Waals surface area contributed by atoms with Gasteiger partial charge in [0, 0.05) is 26.2 Å². The fourth-order valence-electron chi connectivity index (χ4n) is 3.42. The molecule has 26 heavy (non-hydrogen) atoms. The molecule has 1 atom stereocenters. The molecular formula is C18H23N5O2S. The Kier molecular flexibility index (Phi) is 4.80. The van der Waals surface area contributed by atoms with Crippen molar-refractivity contribution in [3.05, 3.63) is 41.0 Å². The first-order valence-electron chi connectivity index (χ1n) is 8.84. The number of piperazine rings is 1. The van der Waals surface area contributed by atoms with Crippen molar-refractivity contribution in [2.45, 2.75) is 13.0 Å². The Bertz CT molecular complexity index is 885. The molecule has 1 aliphatic rings. The fourth-order valence-corrected chi connectivity index (χ4v) is 4.51. The molecule has 1 N–H and O–H groups in total. The fraction of sp³-hybridized carbons (Fsp3) is 0.444. The predicted octanol–water partition coefficient (Wildman–Crippen LogP) is 2.23. The molecule has 3 aromatic rings. The second-order valence-corrected chi connectivity index (χ2v) is 7.50. The molecule has 138 valence electrons. The molecule has 1 aromatic carbocycles. The quantitative estimate of drug-likeness (QED) is 0.740. The van der Waals surface area contributed by atoms with E-state index in [9.17, 15) is 5.11 Å². The Hall–Kier alpha value is -2.16. The summed E-state index contributed by atoms with van der Waals surface area (Å²) < 4.78 is 7.20. The molecule has 1 saturated heterocycles. The van der Waals surface area contributed by atoms with Crippen LogP contribution in [0.2, 0.25) is 0 Å². The van der Waals surface area contributed by atoms with Gasteiger partial charge in [-0.3, -0.25) is 4.90 Å². The molecule has 7 nitrogen and oxygen atoms in total. The maximum Gasteiger partial charge on any atom is 0.230 e. The number of likely N-dealkylation sites (N-methyl/N-ethyl adjacent to an activating group) is 1. The van der Waals surface area contributed by atoms with Gasteiger partial charge in [-0.25, -0.2) is 4.98 Å². The minimum absolute atomic E-state index is 0.0439. The number of hydrogen-bond donors (Lipinski definition) is 1. The van der Waals surface area contributed by atoms with Crippen LogP contribution in [0.25, 0.3) is 4.96 Å². The van der Waals surface area contributed by atoms with E-state index in [1.807, 2.05) is 19.1 Å². The minimum atomic E-state index is -0.0439. The smallest absolute Gasteiger partial charge is 0.230 e. The number of benzene rings is 1. The molecule has 1 fully saturated rings. The highest BCUT2D eigenvalue weighted by Gasteiger charge is 2.31. The van der Waals surface area contributed by atoms with E-state index in [0.29, 0.717) is 11.6 Å². The number of aromatic nitrogens is 3. The minimum Gasteiger partial charge on any atom is -0.494 e. The van der Waals surface area contributed by atoms with Gasteiger partial charge in [0.2, 0.25) is 10.8 Å². The van der Waals surface area contributed by atoms with Gasteiger partial charge in [-0.15, -0.1) is 0 Å². The summed E-state index contributed by atoms with van der Waals surface area (Å²) in [5, 5.41) is 14.9. The number of hydrogen-bond acceptors (Lipinski definition) is 7. The zero-order valence-corrected chi connectivity index (χ0v) is 15.8. The Morgan fingerprint density at radius 2 is 2.08 bits per heavy atom. The van der Waals surface area contributed by atoms with Crippen LogP contribution in [-0.2, 0) is 0 Å². The monoisotopic (exact) mass is 373 g/mol.